The van der Waals surface area contributed by atoms with Crippen molar-refractivity contribution < 1.29 is 14.8 Å². The molecule has 0 spiro atoms. The number of nitrogens with zero attached hydrogens (tertiary/aromatic N) is 1. The van der Waals surface area contributed by atoms with E-state index in [2.05, 4.69) is 0 Å². The molecule has 74 valence electrons. The summed E-state index contributed by atoms with van der Waals surface area (Å²) < 4.78 is 2.00. The maximum atomic E-state index is 8.53. The van der Waals surface area contributed by atoms with E-state index in [1.807, 2.05) is 43.0 Å². The van der Waals surface area contributed by atoms with E-state index in [1.165, 1.54) is 6.08 Å². The van der Waals surface area contributed by atoms with Crippen LogP contribution < -0.4 is 0 Å². The van der Waals surface area contributed by atoms with E-state index < -0.39 is 5.95 Å². The van der Waals surface area contributed by atoms with Crippen LogP contribution in [-0.2, 0) is 0 Å². The molecule has 1 aliphatic rings. The topological polar surface area (TPSA) is 43.5 Å². The predicted molar refractivity (Wildman–Crippen MR) is 56.8 cm³/mol. The summed E-state index contributed by atoms with van der Waals surface area (Å²) in [6.45, 7) is 0. The molecule has 0 fully saturated rings. The van der Waals surface area contributed by atoms with Gasteiger partial charge in [-0.3, -0.25) is 0 Å². The summed E-state index contributed by atoms with van der Waals surface area (Å²) in [5.74, 6) is -0.679. The molecule has 0 saturated carbocycles. The van der Waals surface area contributed by atoms with Crippen molar-refractivity contribution in [1.29, 1.82) is 0 Å². The maximum absolute atomic E-state index is 8.53. The van der Waals surface area contributed by atoms with Gasteiger partial charge in [0.1, 0.15) is 14.1 Å². The third kappa shape index (κ3) is 2.94. The first-order valence-electron chi connectivity index (χ1n) is 4.30. The highest BCUT2D eigenvalue weighted by Crippen LogP contribution is 2.06. The normalized spacial score (nSPS) is 14.1. The molecule has 0 unspecified atom stereocenters. The fraction of sp³-hybridized carbons (Fsp3) is 0.182. The molecule has 3 heteroatoms. The Hall–Kier alpha value is -1.77. The number of aliphatic hydroxyl groups is 2. The van der Waals surface area contributed by atoms with Gasteiger partial charge in [0.2, 0.25) is 0 Å². The zero-order valence-corrected chi connectivity index (χ0v) is 8.31. The molecule has 3 nitrogen and oxygen atoms in total. The molecule has 2 N–H and O–H groups in total. The molecule has 0 aromatic carbocycles. The summed E-state index contributed by atoms with van der Waals surface area (Å²) in [6.07, 6.45) is 10.6. The fourth-order valence-electron chi connectivity index (χ4n) is 1.05. The monoisotopic (exact) mass is 192 g/mol. The zero-order valence-electron chi connectivity index (χ0n) is 8.31. The van der Waals surface area contributed by atoms with Crippen LogP contribution in [0.4, 0.5) is 0 Å². The largest absolute Gasteiger partial charge is 0.481 e. The highest BCUT2D eigenvalue weighted by atomic mass is 16.5. The molecule has 0 bridgehead atoms. The van der Waals surface area contributed by atoms with E-state index in [4.69, 9.17) is 10.2 Å². The van der Waals surface area contributed by atoms with E-state index in [-0.39, 0.29) is 0 Å². The van der Waals surface area contributed by atoms with Gasteiger partial charge < -0.3 is 10.2 Å². The van der Waals surface area contributed by atoms with E-state index in [9.17, 15) is 0 Å². The van der Waals surface area contributed by atoms with Gasteiger partial charge in [0.05, 0.1) is 0 Å². The van der Waals surface area contributed by atoms with E-state index in [1.54, 1.807) is 6.08 Å². The Balaban J connectivity index is 2.81. The van der Waals surface area contributed by atoms with Crippen molar-refractivity contribution >= 4 is 5.71 Å². The van der Waals surface area contributed by atoms with Crippen molar-refractivity contribution in [3.8, 4) is 0 Å². The summed E-state index contributed by atoms with van der Waals surface area (Å²) in [5, 5.41) is 17.1. The van der Waals surface area contributed by atoms with Gasteiger partial charge in [-0.15, -0.1) is 0 Å². The average molecular weight is 192 g/mol. The minimum Gasteiger partial charge on any atom is -0.481 e. The van der Waals surface area contributed by atoms with Gasteiger partial charge in [0.15, 0.2) is 5.71 Å². The van der Waals surface area contributed by atoms with Gasteiger partial charge >= 0.3 is 0 Å². The minimum atomic E-state index is -0.679. The molecule has 1 rings (SSSR count). The van der Waals surface area contributed by atoms with Crippen molar-refractivity contribution in [2.45, 2.75) is 0 Å². The average Bonchev–Trinajstić information content (AvgIpc) is 2.15. The molecule has 0 aromatic rings. The van der Waals surface area contributed by atoms with E-state index >= 15 is 0 Å². The van der Waals surface area contributed by atoms with Crippen LogP contribution in [-0.4, -0.2) is 34.6 Å². The van der Waals surface area contributed by atoms with Crippen LogP contribution in [0.2, 0.25) is 0 Å². The summed E-state index contributed by atoms with van der Waals surface area (Å²) >= 11 is 0. The Labute approximate surface area is 83.3 Å². The van der Waals surface area contributed by atoms with Gasteiger partial charge in [-0.05, 0) is 23.8 Å². The summed E-state index contributed by atoms with van der Waals surface area (Å²) in [5.41, 5.74) is 2.04. The molecule has 0 heterocycles. The molecule has 0 radical (unpaired) electrons. The highest BCUT2D eigenvalue weighted by Gasteiger charge is 2.02. The molecule has 0 amide bonds. The van der Waals surface area contributed by atoms with Crippen LogP contribution in [0.25, 0.3) is 0 Å². The molecule has 0 atom stereocenters. The van der Waals surface area contributed by atoms with Gasteiger partial charge in [-0.1, -0.05) is 0 Å². The Bertz CT molecular complexity index is 345. The van der Waals surface area contributed by atoms with Crippen LogP contribution in [0.5, 0.6) is 0 Å². The van der Waals surface area contributed by atoms with Gasteiger partial charge in [0.25, 0.3) is 5.95 Å². The second-order valence-corrected chi connectivity index (χ2v) is 3.18. The van der Waals surface area contributed by atoms with Crippen molar-refractivity contribution in [3.05, 3.63) is 48.0 Å². The summed E-state index contributed by atoms with van der Waals surface area (Å²) in [4.78, 5) is 0. The van der Waals surface area contributed by atoms with Crippen LogP contribution in [0.3, 0.4) is 0 Å². The minimum absolute atomic E-state index is 0.679. The number of allylic oxidation sites excluding steroid dienone is 7. The van der Waals surface area contributed by atoms with E-state index in [0.29, 0.717) is 0 Å². The lowest BCUT2D eigenvalue weighted by atomic mass is 10.1. The third-order valence-electron chi connectivity index (χ3n) is 1.83. The highest BCUT2D eigenvalue weighted by molar-refractivity contribution is 6.02. The summed E-state index contributed by atoms with van der Waals surface area (Å²) in [7, 11) is 3.94. The van der Waals surface area contributed by atoms with Crippen molar-refractivity contribution in [2.75, 3.05) is 14.1 Å². The second-order valence-electron chi connectivity index (χ2n) is 3.18. The standard InChI is InChI=1S/C11H13NO2/c1-12(2)10-6-3-9(4-7-10)5-8-11(13)14/h3-8H,1-2H3,(H,13,14)/p+1. The first kappa shape index (κ1) is 10.3. The Morgan fingerprint density at radius 2 is 1.71 bits per heavy atom. The lowest BCUT2D eigenvalue weighted by molar-refractivity contribution is -0.462. The van der Waals surface area contributed by atoms with Crippen LogP contribution in [0, 0.1) is 0 Å². The molecular weight excluding hydrogens is 178 g/mol. The second kappa shape index (κ2) is 4.46. The van der Waals surface area contributed by atoms with Gasteiger partial charge in [0, 0.05) is 18.2 Å². The molecular formula is C11H14NO2+. The lowest BCUT2D eigenvalue weighted by Crippen LogP contribution is -2.09. The molecule has 0 aliphatic heterocycles. The van der Waals surface area contributed by atoms with Crippen molar-refractivity contribution in [2.24, 2.45) is 0 Å². The molecule has 0 saturated heterocycles. The van der Waals surface area contributed by atoms with Crippen LogP contribution in [0.15, 0.2) is 48.0 Å². The van der Waals surface area contributed by atoms with Gasteiger partial charge in [-0.25, -0.2) is 4.58 Å². The predicted octanol–water partition coefficient (Wildman–Crippen LogP) is 1.71. The van der Waals surface area contributed by atoms with Gasteiger partial charge in [-0.2, -0.15) is 0 Å². The molecule has 0 aromatic heterocycles. The fourth-order valence-corrected chi connectivity index (χ4v) is 1.05. The van der Waals surface area contributed by atoms with Crippen LogP contribution >= 0.6 is 0 Å². The lowest BCUT2D eigenvalue weighted by Gasteiger charge is -1.99. The third-order valence-corrected chi connectivity index (χ3v) is 1.83. The number of hydrogen-bond donors (Lipinski definition) is 2. The smallest absolute Gasteiger partial charge is 0.274 e. The van der Waals surface area contributed by atoms with Crippen molar-refractivity contribution in [3.63, 3.8) is 0 Å². The first-order chi connectivity index (χ1) is 6.59. The Morgan fingerprint density at radius 1 is 1.14 bits per heavy atom. The summed E-state index contributed by atoms with van der Waals surface area (Å²) in [6, 6.07) is 0. The van der Waals surface area contributed by atoms with E-state index in [0.717, 1.165) is 11.3 Å². The number of hydrogen-bond acceptors (Lipinski definition) is 2. The molecule has 14 heavy (non-hydrogen) atoms. The molecule has 1 aliphatic carbocycles. The first-order valence-corrected chi connectivity index (χ1v) is 4.30. The Morgan fingerprint density at radius 3 is 2.14 bits per heavy atom. The zero-order chi connectivity index (χ0) is 10.6. The Kier molecular flexibility index (Phi) is 3.29. The quantitative estimate of drug-likeness (QED) is 0.490. The van der Waals surface area contributed by atoms with Crippen LogP contribution in [0.1, 0.15) is 0 Å². The SMILES string of the molecule is C[N+](C)=C1C=CC(=CC=C(O)O)C=C1. The van der Waals surface area contributed by atoms with Crippen molar-refractivity contribution in [1.82, 2.24) is 0 Å². The maximum Gasteiger partial charge on any atom is 0.274 e. The number of aliphatic hydroxyl groups excluding tert-OH is 1. The number of rotatable bonds is 1.